The van der Waals surface area contributed by atoms with Crippen LogP contribution >= 0.6 is 23.4 Å². The molecule has 0 atom stereocenters. The van der Waals surface area contributed by atoms with E-state index in [1.54, 1.807) is 18.2 Å². The number of ether oxygens (including phenoxy) is 2. The van der Waals surface area contributed by atoms with Crippen LogP contribution in [0.15, 0.2) is 60.0 Å². The molecule has 2 aromatic carbocycles. The van der Waals surface area contributed by atoms with E-state index >= 15 is 0 Å². The molecule has 0 saturated carbocycles. The van der Waals surface area contributed by atoms with Crippen molar-refractivity contribution in [1.29, 1.82) is 0 Å². The Labute approximate surface area is 178 Å². The number of thioether (sulfide) groups is 1. The number of nitrogens with zero attached hydrogens (tertiary/aromatic N) is 1. The van der Waals surface area contributed by atoms with E-state index in [1.165, 1.54) is 6.08 Å². The highest BCUT2D eigenvalue weighted by molar-refractivity contribution is 8.18. The summed E-state index contributed by atoms with van der Waals surface area (Å²) in [5.41, 5.74) is 1.73. The van der Waals surface area contributed by atoms with Gasteiger partial charge in [-0.1, -0.05) is 35.9 Å². The fourth-order valence-corrected chi connectivity index (χ4v) is 3.66. The largest absolute Gasteiger partial charge is 0.490 e. The lowest BCUT2D eigenvalue weighted by Gasteiger charge is -2.13. The maximum Gasteiger partial charge on any atom is 0.293 e. The molecule has 0 aromatic heterocycles. The minimum absolute atomic E-state index is 0.198. The van der Waals surface area contributed by atoms with Gasteiger partial charge in [-0.3, -0.25) is 14.5 Å². The minimum atomic E-state index is -0.319. The molecule has 1 heterocycles. The zero-order valence-electron chi connectivity index (χ0n) is 15.9. The van der Waals surface area contributed by atoms with E-state index in [0.29, 0.717) is 34.6 Å². The van der Waals surface area contributed by atoms with Gasteiger partial charge in [0, 0.05) is 11.6 Å². The maximum atomic E-state index is 12.4. The zero-order chi connectivity index (χ0) is 20.8. The van der Waals surface area contributed by atoms with Gasteiger partial charge in [0.05, 0.1) is 11.5 Å². The van der Waals surface area contributed by atoms with Crippen molar-refractivity contribution >= 4 is 40.6 Å². The monoisotopic (exact) mass is 429 g/mol. The average Bonchev–Trinajstić information content (AvgIpc) is 2.97. The van der Waals surface area contributed by atoms with Crippen molar-refractivity contribution in [3.63, 3.8) is 0 Å². The first-order valence-corrected chi connectivity index (χ1v) is 10.2. The zero-order valence-corrected chi connectivity index (χ0v) is 17.5. The van der Waals surface area contributed by atoms with E-state index in [-0.39, 0.29) is 17.7 Å². The van der Waals surface area contributed by atoms with Gasteiger partial charge < -0.3 is 9.47 Å². The van der Waals surface area contributed by atoms with Crippen LogP contribution in [-0.4, -0.2) is 29.2 Å². The number of imide groups is 1. The second-order valence-electron chi connectivity index (χ2n) is 6.14. The van der Waals surface area contributed by atoms with Crippen LogP contribution in [0.3, 0.4) is 0 Å². The van der Waals surface area contributed by atoms with Gasteiger partial charge in [-0.2, -0.15) is 0 Å². The van der Waals surface area contributed by atoms with Crippen LogP contribution in [-0.2, 0) is 11.4 Å². The van der Waals surface area contributed by atoms with E-state index in [0.717, 1.165) is 27.8 Å². The number of hydrogen-bond acceptors (Lipinski definition) is 5. The number of carbonyl (C=O) groups excluding carboxylic acids is 2. The van der Waals surface area contributed by atoms with Gasteiger partial charge in [-0.05, 0) is 60.2 Å². The third kappa shape index (κ3) is 5.22. The molecule has 1 aliphatic heterocycles. The molecule has 3 rings (SSSR count). The van der Waals surface area contributed by atoms with Crippen LogP contribution in [0, 0.1) is 0 Å². The first-order chi connectivity index (χ1) is 14.0. The molecule has 2 amide bonds. The summed E-state index contributed by atoms with van der Waals surface area (Å²) in [7, 11) is 0. The smallest absolute Gasteiger partial charge is 0.293 e. The summed E-state index contributed by atoms with van der Waals surface area (Å²) in [6, 6.07) is 12.8. The summed E-state index contributed by atoms with van der Waals surface area (Å²) in [5, 5.41) is 0.375. The molecule has 7 heteroatoms. The minimum Gasteiger partial charge on any atom is -0.490 e. The second-order valence-corrected chi connectivity index (χ2v) is 7.56. The first kappa shape index (κ1) is 21.0. The van der Waals surface area contributed by atoms with Gasteiger partial charge in [0.1, 0.15) is 6.61 Å². The van der Waals surface area contributed by atoms with Gasteiger partial charge in [0.25, 0.3) is 11.1 Å². The van der Waals surface area contributed by atoms with Gasteiger partial charge in [0.15, 0.2) is 11.5 Å². The highest BCUT2D eigenvalue weighted by atomic mass is 35.5. The van der Waals surface area contributed by atoms with Gasteiger partial charge >= 0.3 is 0 Å². The molecule has 2 aromatic rings. The lowest BCUT2D eigenvalue weighted by molar-refractivity contribution is -0.122. The van der Waals surface area contributed by atoms with Crippen LogP contribution < -0.4 is 9.47 Å². The van der Waals surface area contributed by atoms with Crippen molar-refractivity contribution in [2.75, 3.05) is 13.2 Å². The molecule has 0 aliphatic carbocycles. The fourth-order valence-electron chi connectivity index (χ4n) is 2.68. The number of amides is 2. The third-order valence-electron chi connectivity index (χ3n) is 4.06. The second kappa shape index (κ2) is 9.67. The first-order valence-electron chi connectivity index (χ1n) is 9.02. The van der Waals surface area contributed by atoms with Crippen molar-refractivity contribution in [2.45, 2.75) is 13.5 Å². The lowest BCUT2D eigenvalue weighted by atomic mass is 10.1. The summed E-state index contributed by atoms with van der Waals surface area (Å²) in [6.45, 7) is 6.50. The van der Waals surface area contributed by atoms with Crippen molar-refractivity contribution in [2.24, 2.45) is 0 Å². The van der Waals surface area contributed by atoms with Gasteiger partial charge in [0.2, 0.25) is 0 Å². The van der Waals surface area contributed by atoms with Gasteiger partial charge in [-0.25, -0.2) is 0 Å². The predicted molar refractivity (Wildman–Crippen MR) is 116 cm³/mol. The Kier molecular flexibility index (Phi) is 7.01. The Hall–Kier alpha value is -2.70. The summed E-state index contributed by atoms with van der Waals surface area (Å²) in [4.78, 5) is 25.9. The van der Waals surface area contributed by atoms with Crippen LogP contribution in [0.5, 0.6) is 11.5 Å². The van der Waals surface area contributed by atoms with Crippen LogP contribution in [0.4, 0.5) is 4.79 Å². The van der Waals surface area contributed by atoms with Crippen molar-refractivity contribution in [3.8, 4) is 11.5 Å². The number of benzene rings is 2. The highest BCUT2D eigenvalue weighted by Gasteiger charge is 2.34. The molecule has 150 valence electrons. The molecule has 0 bridgehead atoms. The Balaban J connectivity index is 1.78. The molecule has 0 spiro atoms. The van der Waals surface area contributed by atoms with Gasteiger partial charge in [-0.15, -0.1) is 6.58 Å². The van der Waals surface area contributed by atoms with E-state index in [9.17, 15) is 9.59 Å². The molecule has 1 fully saturated rings. The summed E-state index contributed by atoms with van der Waals surface area (Å²) >= 11 is 6.82. The molecular formula is C22H20ClNO4S. The number of halogens is 1. The highest BCUT2D eigenvalue weighted by Crippen LogP contribution is 2.34. The van der Waals surface area contributed by atoms with Crippen molar-refractivity contribution in [3.05, 3.63) is 76.2 Å². The van der Waals surface area contributed by atoms with E-state index < -0.39 is 0 Å². The molecular weight excluding hydrogens is 410 g/mol. The topological polar surface area (TPSA) is 55.8 Å². The van der Waals surface area contributed by atoms with E-state index in [2.05, 4.69) is 6.58 Å². The number of hydrogen-bond donors (Lipinski definition) is 0. The van der Waals surface area contributed by atoms with Crippen molar-refractivity contribution < 1.29 is 19.1 Å². The standard InChI is InChI=1S/C22H20ClNO4S/c1-3-11-24-21(25)20(29-22(24)26)13-16-7-10-18(19(12-16)27-4-2)28-14-15-5-8-17(23)9-6-15/h3,5-10,12-13H,1,4,11,14H2,2H3/b20-13+. The number of carbonyl (C=O) groups is 2. The van der Waals surface area contributed by atoms with Crippen molar-refractivity contribution in [1.82, 2.24) is 4.90 Å². The molecule has 0 radical (unpaired) electrons. The summed E-state index contributed by atoms with van der Waals surface area (Å²) in [5.74, 6) is 0.847. The predicted octanol–water partition coefficient (Wildman–Crippen LogP) is 5.54. The molecule has 1 aliphatic rings. The summed E-state index contributed by atoms with van der Waals surface area (Å²) < 4.78 is 11.6. The van der Waals surface area contributed by atoms with E-state index in [1.807, 2.05) is 37.3 Å². The number of rotatable bonds is 8. The fraction of sp³-hybridized carbons (Fsp3) is 0.182. The SMILES string of the molecule is C=CCN1C(=O)S/C(=C/c2ccc(OCc3ccc(Cl)cc3)c(OCC)c2)C1=O. The van der Waals surface area contributed by atoms with E-state index in [4.69, 9.17) is 21.1 Å². The Morgan fingerprint density at radius 3 is 2.55 bits per heavy atom. The lowest BCUT2D eigenvalue weighted by Crippen LogP contribution is -2.27. The Morgan fingerprint density at radius 2 is 1.86 bits per heavy atom. The maximum absolute atomic E-state index is 12.4. The molecule has 5 nitrogen and oxygen atoms in total. The Morgan fingerprint density at radius 1 is 1.10 bits per heavy atom. The quantitative estimate of drug-likeness (QED) is 0.407. The third-order valence-corrected chi connectivity index (χ3v) is 5.22. The Bertz CT molecular complexity index is 956. The molecule has 0 N–H and O–H groups in total. The van der Waals surface area contributed by atoms with Crippen LogP contribution in [0.25, 0.3) is 6.08 Å². The molecule has 29 heavy (non-hydrogen) atoms. The summed E-state index contributed by atoms with van der Waals surface area (Å²) in [6.07, 6.45) is 3.21. The average molecular weight is 430 g/mol. The van der Waals surface area contributed by atoms with Crippen LogP contribution in [0.2, 0.25) is 5.02 Å². The van der Waals surface area contributed by atoms with Crippen LogP contribution in [0.1, 0.15) is 18.1 Å². The molecule has 1 saturated heterocycles. The normalized spacial score (nSPS) is 15.1. The molecule has 0 unspecified atom stereocenters.